The van der Waals surface area contributed by atoms with Gasteiger partial charge in [0.15, 0.2) is 0 Å². The maximum atomic E-state index is 12.4. The Morgan fingerprint density at radius 2 is 2.11 bits per heavy atom. The molecule has 4 nitrogen and oxygen atoms in total. The van der Waals surface area contributed by atoms with E-state index in [-0.39, 0.29) is 5.91 Å². The lowest BCUT2D eigenvalue weighted by Gasteiger charge is -2.18. The van der Waals surface area contributed by atoms with Crippen LogP contribution >= 0.6 is 11.3 Å². The summed E-state index contributed by atoms with van der Waals surface area (Å²) in [6, 6.07) is 3.70. The standard InChI is InChI=1S/C14H17N3OS/c1-9-4-10(2)13(15)5-12(9)14(18)17(3)6-11-7-19-8-16-11/h4-5,7-8H,6,15H2,1-3H3. The van der Waals surface area contributed by atoms with Crippen LogP contribution < -0.4 is 5.73 Å². The van der Waals surface area contributed by atoms with Crippen LogP contribution in [-0.4, -0.2) is 22.8 Å². The molecule has 0 bridgehead atoms. The van der Waals surface area contributed by atoms with Crippen LogP contribution in [-0.2, 0) is 6.54 Å². The largest absolute Gasteiger partial charge is 0.398 e. The van der Waals surface area contributed by atoms with Crippen LogP contribution in [0.2, 0.25) is 0 Å². The first-order valence-corrected chi connectivity index (χ1v) is 6.92. The second kappa shape index (κ2) is 5.40. The van der Waals surface area contributed by atoms with Crippen LogP contribution in [0.3, 0.4) is 0 Å². The predicted octanol–water partition coefficient (Wildman–Crippen LogP) is 2.61. The number of hydrogen-bond acceptors (Lipinski definition) is 4. The Labute approximate surface area is 116 Å². The lowest BCUT2D eigenvalue weighted by atomic mass is 10.0. The van der Waals surface area contributed by atoms with E-state index in [9.17, 15) is 4.79 Å². The summed E-state index contributed by atoms with van der Waals surface area (Å²) in [4.78, 5) is 18.2. The van der Waals surface area contributed by atoms with Crippen LogP contribution in [0.25, 0.3) is 0 Å². The van der Waals surface area contributed by atoms with Gasteiger partial charge in [-0.25, -0.2) is 4.98 Å². The van der Waals surface area contributed by atoms with E-state index in [0.29, 0.717) is 17.8 Å². The van der Waals surface area contributed by atoms with E-state index in [0.717, 1.165) is 16.8 Å². The van der Waals surface area contributed by atoms with Gasteiger partial charge in [0.25, 0.3) is 5.91 Å². The van der Waals surface area contributed by atoms with Gasteiger partial charge in [-0.2, -0.15) is 0 Å². The van der Waals surface area contributed by atoms with Crippen molar-refractivity contribution in [1.82, 2.24) is 9.88 Å². The maximum Gasteiger partial charge on any atom is 0.254 e. The van der Waals surface area contributed by atoms with Gasteiger partial charge in [0.05, 0.1) is 17.7 Å². The number of rotatable bonds is 3. The second-order valence-electron chi connectivity index (χ2n) is 4.66. The van der Waals surface area contributed by atoms with Crippen LogP contribution in [0.4, 0.5) is 5.69 Å². The van der Waals surface area contributed by atoms with Crippen molar-refractivity contribution in [2.45, 2.75) is 20.4 Å². The third-order valence-corrected chi connectivity index (χ3v) is 3.71. The molecule has 0 aliphatic heterocycles. The van der Waals surface area contributed by atoms with E-state index >= 15 is 0 Å². The summed E-state index contributed by atoms with van der Waals surface area (Å²) < 4.78 is 0. The normalized spacial score (nSPS) is 10.5. The molecule has 1 aromatic carbocycles. The molecule has 0 spiro atoms. The van der Waals surface area contributed by atoms with Crippen molar-refractivity contribution in [3.8, 4) is 0 Å². The van der Waals surface area contributed by atoms with Crippen molar-refractivity contribution in [1.29, 1.82) is 0 Å². The van der Waals surface area contributed by atoms with Crippen molar-refractivity contribution in [2.24, 2.45) is 0 Å². The quantitative estimate of drug-likeness (QED) is 0.876. The molecule has 5 heteroatoms. The Kier molecular flexibility index (Phi) is 3.85. The highest BCUT2D eigenvalue weighted by Gasteiger charge is 2.16. The first-order chi connectivity index (χ1) is 8.99. The number of nitrogen functional groups attached to an aromatic ring is 1. The van der Waals surface area contributed by atoms with Gasteiger partial charge in [-0.3, -0.25) is 4.79 Å². The smallest absolute Gasteiger partial charge is 0.254 e. The molecule has 2 N–H and O–H groups in total. The number of nitrogens with two attached hydrogens (primary N) is 1. The molecule has 100 valence electrons. The minimum atomic E-state index is -0.0304. The number of aromatic nitrogens is 1. The maximum absolute atomic E-state index is 12.4. The molecule has 1 aromatic heterocycles. The molecule has 0 radical (unpaired) electrons. The molecule has 0 saturated heterocycles. The number of thiazole rings is 1. The monoisotopic (exact) mass is 275 g/mol. The zero-order valence-corrected chi connectivity index (χ0v) is 12.1. The van der Waals surface area contributed by atoms with Crippen molar-refractivity contribution in [3.63, 3.8) is 0 Å². The Bertz CT molecular complexity index is 593. The van der Waals surface area contributed by atoms with Crippen molar-refractivity contribution < 1.29 is 4.79 Å². The van der Waals surface area contributed by atoms with E-state index in [1.54, 1.807) is 23.5 Å². The zero-order valence-electron chi connectivity index (χ0n) is 11.3. The van der Waals surface area contributed by atoms with Gasteiger partial charge >= 0.3 is 0 Å². The van der Waals surface area contributed by atoms with Gasteiger partial charge in [-0.05, 0) is 31.0 Å². The average molecular weight is 275 g/mol. The highest BCUT2D eigenvalue weighted by molar-refractivity contribution is 7.07. The molecular formula is C14H17N3OS. The lowest BCUT2D eigenvalue weighted by Crippen LogP contribution is -2.27. The molecule has 0 saturated carbocycles. The van der Waals surface area contributed by atoms with Crippen LogP contribution in [0, 0.1) is 13.8 Å². The summed E-state index contributed by atoms with van der Waals surface area (Å²) in [7, 11) is 1.77. The summed E-state index contributed by atoms with van der Waals surface area (Å²) in [5.74, 6) is -0.0304. The fourth-order valence-corrected chi connectivity index (χ4v) is 2.49. The summed E-state index contributed by atoms with van der Waals surface area (Å²) in [5.41, 5.74) is 11.8. The summed E-state index contributed by atoms with van der Waals surface area (Å²) in [6.07, 6.45) is 0. The number of nitrogens with zero attached hydrogens (tertiary/aromatic N) is 2. The first-order valence-electron chi connectivity index (χ1n) is 5.98. The number of amides is 1. The molecule has 1 amide bonds. The fraction of sp³-hybridized carbons (Fsp3) is 0.286. The van der Waals surface area contributed by atoms with Crippen molar-refractivity contribution in [2.75, 3.05) is 12.8 Å². The summed E-state index contributed by atoms with van der Waals surface area (Å²) in [5, 5.41) is 1.94. The highest BCUT2D eigenvalue weighted by atomic mass is 32.1. The Morgan fingerprint density at radius 1 is 1.37 bits per heavy atom. The zero-order chi connectivity index (χ0) is 14.0. The third-order valence-electron chi connectivity index (χ3n) is 3.07. The molecule has 0 aliphatic rings. The van der Waals surface area contributed by atoms with E-state index in [1.165, 1.54) is 11.3 Å². The SMILES string of the molecule is Cc1cc(C)c(C(=O)N(C)Cc2cscn2)cc1N. The second-order valence-corrected chi connectivity index (χ2v) is 5.38. The molecule has 0 unspecified atom stereocenters. The van der Waals surface area contributed by atoms with Crippen molar-refractivity contribution in [3.05, 3.63) is 45.4 Å². The number of anilines is 1. The van der Waals surface area contributed by atoms with Crippen LogP contribution in [0.1, 0.15) is 27.2 Å². The van der Waals surface area contributed by atoms with Gasteiger partial charge in [0.1, 0.15) is 0 Å². The minimum absolute atomic E-state index is 0.0304. The van der Waals surface area contributed by atoms with Crippen LogP contribution in [0.15, 0.2) is 23.0 Å². The lowest BCUT2D eigenvalue weighted by molar-refractivity contribution is 0.0783. The Balaban J connectivity index is 2.21. The van der Waals surface area contributed by atoms with Gasteiger partial charge in [-0.1, -0.05) is 6.07 Å². The molecular weight excluding hydrogens is 258 g/mol. The number of hydrogen-bond donors (Lipinski definition) is 1. The number of benzene rings is 1. The van der Waals surface area contributed by atoms with E-state index in [4.69, 9.17) is 5.73 Å². The third kappa shape index (κ3) is 2.93. The summed E-state index contributed by atoms with van der Waals surface area (Å²) in [6.45, 7) is 4.38. The number of aryl methyl sites for hydroxylation is 2. The van der Waals surface area contributed by atoms with E-state index in [1.807, 2.05) is 25.3 Å². The van der Waals surface area contributed by atoms with Gasteiger partial charge in [-0.15, -0.1) is 11.3 Å². The van der Waals surface area contributed by atoms with Gasteiger partial charge in [0.2, 0.25) is 0 Å². The molecule has 1 heterocycles. The molecule has 2 rings (SSSR count). The van der Waals surface area contributed by atoms with Crippen molar-refractivity contribution >= 4 is 22.9 Å². The number of carbonyl (C=O) groups is 1. The fourth-order valence-electron chi connectivity index (χ4n) is 1.94. The Hall–Kier alpha value is -1.88. The topological polar surface area (TPSA) is 59.2 Å². The van der Waals surface area contributed by atoms with E-state index < -0.39 is 0 Å². The molecule has 0 aliphatic carbocycles. The highest BCUT2D eigenvalue weighted by Crippen LogP contribution is 2.19. The summed E-state index contributed by atoms with van der Waals surface area (Å²) >= 11 is 1.53. The predicted molar refractivity (Wildman–Crippen MR) is 78.2 cm³/mol. The van der Waals surface area contributed by atoms with Crippen LogP contribution in [0.5, 0.6) is 0 Å². The molecule has 0 atom stereocenters. The van der Waals surface area contributed by atoms with E-state index in [2.05, 4.69) is 4.98 Å². The molecule has 2 aromatic rings. The minimum Gasteiger partial charge on any atom is -0.398 e. The molecule has 0 fully saturated rings. The van der Waals surface area contributed by atoms with Gasteiger partial charge < -0.3 is 10.6 Å². The average Bonchev–Trinajstić information content (AvgIpc) is 2.85. The Morgan fingerprint density at radius 3 is 2.74 bits per heavy atom. The first kappa shape index (κ1) is 13.5. The molecule has 19 heavy (non-hydrogen) atoms. The number of carbonyl (C=O) groups excluding carboxylic acids is 1. The van der Waals surface area contributed by atoms with Gasteiger partial charge in [0, 0.05) is 23.7 Å².